The summed E-state index contributed by atoms with van der Waals surface area (Å²) in [5, 5.41) is 3.45. The fourth-order valence-electron chi connectivity index (χ4n) is 2.32. The van der Waals surface area contributed by atoms with Crippen LogP contribution in [-0.2, 0) is 6.42 Å². The number of pyridine rings is 1. The second-order valence-electron chi connectivity index (χ2n) is 4.81. The summed E-state index contributed by atoms with van der Waals surface area (Å²) in [6.07, 6.45) is 7.70. The zero-order valence-electron chi connectivity index (χ0n) is 9.91. The average molecular weight is 283 g/mol. The van der Waals surface area contributed by atoms with Gasteiger partial charge in [0.05, 0.1) is 0 Å². The monoisotopic (exact) mass is 282 g/mol. The van der Waals surface area contributed by atoms with Crippen LogP contribution in [0.2, 0.25) is 0 Å². The number of aromatic nitrogens is 1. The number of hydrogen-bond acceptors (Lipinski definition) is 2. The van der Waals surface area contributed by atoms with Crippen molar-refractivity contribution in [2.75, 3.05) is 7.05 Å². The van der Waals surface area contributed by atoms with Gasteiger partial charge < -0.3 is 5.32 Å². The third-order valence-electron chi connectivity index (χ3n) is 3.59. The van der Waals surface area contributed by atoms with Gasteiger partial charge in [0.15, 0.2) is 0 Å². The van der Waals surface area contributed by atoms with Gasteiger partial charge >= 0.3 is 0 Å². The Labute approximate surface area is 106 Å². The van der Waals surface area contributed by atoms with Crippen LogP contribution in [0.25, 0.3) is 0 Å². The van der Waals surface area contributed by atoms with Gasteiger partial charge in [0.1, 0.15) is 0 Å². The van der Waals surface area contributed by atoms with E-state index in [1.807, 2.05) is 12.4 Å². The van der Waals surface area contributed by atoms with Crippen LogP contribution in [0.4, 0.5) is 0 Å². The molecule has 1 aliphatic rings. The maximum absolute atomic E-state index is 4.22. The Bertz CT molecular complexity index is 350. The number of likely N-dealkylation sites (N-methyl/N-ethyl adjacent to an activating group) is 1. The second kappa shape index (κ2) is 5.28. The Hall–Kier alpha value is -0.410. The zero-order chi connectivity index (χ0) is 11.5. The van der Waals surface area contributed by atoms with Crippen LogP contribution in [0.15, 0.2) is 22.9 Å². The highest BCUT2D eigenvalue weighted by Gasteiger charge is 2.32. The molecule has 1 aliphatic carbocycles. The van der Waals surface area contributed by atoms with E-state index in [0.29, 0.717) is 6.04 Å². The summed E-state index contributed by atoms with van der Waals surface area (Å²) in [4.78, 5) is 4.22. The lowest BCUT2D eigenvalue weighted by molar-refractivity contribution is 0.357. The summed E-state index contributed by atoms with van der Waals surface area (Å²) in [5.74, 6) is 1.71. The molecule has 3 heteroatoms. The van der Waals surface area contributed by atoms with Gasteiger partial charge in [0, 0.05) is 22.9 Å². The molecule has 0 amide bonds. The molecule has 1 aromatic heterocycles. The molecule has 2 nitrogen and oxygen atoms in total. The third kappa shape index (κ3) is 3.05. The molecule has 0 spiro atoms. The first-order valence-corrected chi connectivity index (χ1v) is 6.76. The van der Waals surface area contributed by atoms with Crippen LogP contribution in [-0.4, -0.2) is 18.1 Å². The van der Waals surface area contributed by atoms with E-state index >= 15 is 0 Å². The fourth-order valence-corrected chi connectivity index (χ4v) is 2.74. The van der Waals surface area contributed by atoms with Gasteiger partial charge in [-0.05, 0) is 65.7 Å². The van der Waals surface area contributed by atoms with Crippen LogP contribution in [0.5, 0.6) is 0 Å². The van der Waals surface area contributed by atoms with E-state index in [4.69, 9.17) is 0 Å². The Kier molecular flexibility index (Phi) is 3.98. The van der Waals surface area contributed by atoms with Crippen LogP contribution < -0.4 is 5.32 Å². The molecule has 1 heterocycles. The SMILES string of the molecule is CNC(Cc1cncc(Br)c1)C(C)C1CC1. The lowest BCUT2D eigenvalue weighted by Gasteiger charge is -2.23. The zero-order valence-corrected chi connectivity index (χ0v) is 11.5. The first-order valence-electron chi connectivity index (χ1n) is 5.97. The summed E-state index contributed by atoms with van der Waals surface area (Å²) in [6.45, 7) is 2.37. The van der Waals surface area contributed by atoms with E-state index in [9.17, 15) is 0 Å². The second-order valence-corrected chi connectivity index (χ2v) is 5.72. The summed E-state index contributed by atoms with van der Waals surface area (Å²) in [7, 11) is 2.06. The number of rotatable bonds is 5. The number of nitrogens with one attached hydrogen (secondary N) is 1. The highest BCUT2D eigenvalue weighted by atomic mass is 79.9. The maximum Gasteiger partial charge on any atom is 0.0410 e. The first kappa shape index (κ1) is 12.1. The standard InChI is InChI=1S/C13H19BrN2/c1-9(11-3-4-11)13(15-2)6-10-5-12(14)8-16-7-10/h5,7-9,11,13,15H,3-4,6H2,1-2H3. The highest BCUT2D eigenvalue weighted by molar-refractivity contribution is 9.10. The molecule has 2 unspecified atom stereocenters. The Balaban J connectivity index is 2.00. The molecule has 1 N–H and O–H groups in total. The molecule has 2 atom stereocenters. The summed E-state index contributed by atoms with van der Waals surface area (Å²) in [5.41, 5.74) is 1.31. The van der Waals surface area contributed by atoms with Crippen molar-refractivity contribution in [2.45, 2.75) is 32.2 Å². The first-order chi connectivity index (χ1) is 7.70. The van der Waals surface area contributed by atoms with Crippen molar-refractivity contribution in [1.82, 2.24) is 10.3 Å². The fraction of sp³-hybridized carbons (Fsp3) is 0.615. The molecular formula is C13H19BrN2. The van der Waals surface area contributed by atoms with E-state index in [-0.39, 0.29) is 0 Å². The number of halogens is 1. The summed E-state index contributed by atoms with van der Waals surface area (Å²) >= 11 is 3.47. The molecule has 0 aromatic carbocycles. The van der Waals surface area contributed by atoms with Crippen LogP contribution in [0.3, 0.4) is 0 Å². The van der Waals surface area contributed by atoms with E-state index in [1.165, 1.54) is 18.4 Å². The van der Waals surface area contributed by atoms with Crippen molar-refractivity contribution in [3.05, 3.63) is 28.5 Å². The predicted octanol–water partition coefficient (Wildman–Crippen LogP) is 3.02. The molecule has 0 saturated heterocycles. The minimum Gasteiger partial charge on any atom is -0.316 e. The van der Waals surface area contributed by atoms with E-state index < -0.39 is 0 Å². The molecule has 1 fully saturated rings. The van der Waals surface area contributed by atoms with Crippen molar-refractivity contribution in [1.29, 1.82) is 0 Å². The van der Waals surface area contributed by atoms with Gasteiger partial charge in [-0.15, -0.1) is 0 Å². The molecule has 16 heavy (non-hydrogen) atoms. The quantitative estimate of drug-likeness (QED) is 0.898. The van der Waals surface area contributed by atoms with Gasteiger partial charge in [0.2, 0.25) is 0 Å². The lowest BCUT2D eigenvalue weighted by atomic mass is 9.92. The van der Waals surface area contributed by atoms with Gasteiger partial charge in [-0.3, -0.25) is 4.98 Å². The Morgan fingerprint density at radius 3 is 2.81 bits per heavy atom. The van der Waals surface area contributed by atoms with Crippen molar-refractivity contribution in [3.8, 4) is 0 Å². The van der Waals surface area contributed by atoms with Crippen LogP contribution in [0.1, 0.15) is 25.3 Å². The van der Waals surface area contributed by atoms with E-state index in [2.05, 4.69) is 46.3 Å². The molecule has 1 saturated carbocycles. The Morgan fingerprint density at radius 1 is 1.50 bits per heavy atom. The van der Waals surface area contributed by atoms with Gasteiger partial charge in [-0.2, -0.15) is 0 Å². The topological polar surface area (TPSA) is 24.9 Å². The normalized spacial score (nSPS) is 19.4. The smallest absolute Gasteiger partial charge is 0.0410 e. The van der Waals surface area contributed by atoms with Crippen molar-refractivity contribution < 1.29 is 0 Å². The van der Waals surface area contributed by atoms with Gasteiger partial charge in [0.25, 0.3) is 0 Å². The predicted molar refractivity (Wildman–Crippen MR) is 70.4 cm³/mol. The average Bonchev–Trinajstić information content (AvgIpc) is 3.09. The van der Waals surface area contributed by atoms with E-state index in [0.717, 1.165) is 22.7 Å². The molecule has 88 valence electrons. The minimum absolute atomic E-state index is 0.573. The molecule has 0 bridgehead atoms. The molecule has 0 radical (unpaired) electrons. The van der Waals surface area contributed by atoms with Crippen LogP contribution in [0, 0.1) is 11.8 Å². The Morgan fingerprint density at radius 2 is 2.25 bits per heavy atom. The minimum atomic E-state index is 0.573. The molecule has 0 aliphatic heterocycles. The lowest BCUT2D eigenvalue weighted by Crippen LogP contribution is -2.35. The van der Waals surface area contributed by atoms with Gasteiger partial charge in [-0.1, -0.05) is 6.92 Å². The summed E-state index contributed by atoms with van der Waals surface area (Å²) in [6, 6.07) is 2.74. The van der Waals surface area contributed by atoms with Crippen molar-refractivity contribution in [2.24, 2.45) is 11.8 Å². The number of nitrogens with zero attached hydrogens (tertiary/aromatic N) is 1. The molecular weight excluding hydrogens is 264 g/mol. The molecule has 1 aromatic rings. The van der Waals surface area contributed by atoms with Crippen molar-refractivity contribution in [3.63, 3.8) is 0 Å². The summed E-state index contributed by atoms with van der Waals surface area (Å²) < 4.78 is 1.07. The van der Waals surface area contributed by atoms with Crippen LogP contribution >= 0.6 is 15.9 Å². The molecule has 2 rings (SSSR count). The van der Waals surface area contributed by atoms with Crippen molar-refractivity contribution >= 4 is 15.9 Å². The largest absolute Gasteiger partial charge is 0.316 e. The van der Waals surface area contributed by atoms with Gasteiger partial charge in [-0.25, -0.2) is 0 Å². The van der Waals surface area contributed by atoms with E-state index in [1.54, 1.807) is 0 Å². The maximum atomic E-state index is 4.22. The number of hydrogen-bond donors (Lipinski definition) is 1. The third-order valence-corrected chi connectivity index (χ3v) is 4.02. The highest BCUT2D eigenvalue weighted by Crippen LogP contribution is 2.38.